The normalized spacial score (nSPS) is 10.4. The number of aromatic amines is 1. The van der Waals surface area contributed by atoms with Crippen LogP contribution in [0.3, 0.4) is 0 Å². The molecule has 0 saturated carbocycles. The second kappa shape index (κ2) is 5.64. The first-order chi connectivity index (χ1) is 8.99. The van der Waals surface area contributed by atoms with Crippen LogP contribution in [0.5, 0.6) is 0 Å². The first kappa shape index (κ1) is 13.9. The standard InChI is InChI=1S/C11H6Cl2N2O3S/c12-7-2-1-5(3-6(7)11(17)18)19-10-8(13)9(16)14-4-15-10/h1-4H,(H,17,18)(H,14,15,16). The summed E-state index contributed by atoms with van der Waals surface area (Å²) in [6, 6.07) is 4.49. The number of nitrogens with zero attached hydrogens (tertiary/aromatic N) is 1. The molecule has 2 N–H and O–H groups in total. The maximum atomic E-state index is 11.3. The first-order valence-electron chi connectivity index (χ1n) is 4.93. The minimum absolute atomic E-state index is 0.0207. The Labute approximate surface area is 121 Å². The molecule has 0 radical (unpaired) electrons. The third kappa shape index (κ3) is 3.09. The van der Waals surface area contributed by atoms with Gasteiger partial charge in [0.1, 0.15) is 10.0 Å². The molecular formula is C11H6Cl2N2O3S. The van der Waals surface area contributed by atoms with Crippen LogP contribution in [0, 0.1) is 0 Å². The minimum atomic E-state index is -1.13. The van der Waals surface area contributed by atoms with Crippen LogP contribution in [-0.4, -0.2) is 21.0 Å². The van der Waals surface area contributed by atoms with E-state index in [0.717, 1.165) is 11.8 Å². The lowest BCUT2D eigenvalue weighted by Gasteiger charge is -2.04. The number of hydrogen-bond acceptors (Lipinski definition) is 4. The minimum Gasteiger partial charge on any atom is -0.478 e. The number of H-pyrrole nitrogens is 1. The largest absolute Gasteiger partial charge is 0.478 e. The molecule has 2 aromatic rings. The number of aromatic nitrogens is 2. The molecule has 0 amide bonds. The summed E-state index contributed by atoms with van der Waals surface area (Å²) in [5, 5.41) is 9.36. The fourth-order valence-electron chi connectivity index (χ4n) is 1.28. The molecule has 0 saturated heterocycles. The SMILES string of the molecule is O=C(O)c1cc(Sc2nc[nH]c(=O)c2Cl)ccc1Cl. The zero-order valence-corrected chi connectivity index (χ0v) is 11.5. The highest BCUT2D eigenvalue weighted by atomic mass is 35.5. The molecule has 8 heteroatoms. The molecule has 0 atom stereocenters. The van der Waals surface area contributed by atoms with Crippen LogP contribution in [0.2, 0.25) is 10.0 Å². The first-order valence-corrected chi connectivity index (χ1v) is 6.50. The van der Waals surface area contributed by atoms with E-state index in [4.69, 9.17) is 28.3 Å². The van der Waals surface area contributed by atoms with Crippen LogP contribution in [0.15, 0.2) is 39.2 Å². The maximum Gasteiger partial charge on any atom is 0.337 e. The lowest BCUT2D eigenvalue weighted by molar-refractivity contribution is 0.0697. The lowest BCUT2D eigenvalue weighted by Crippen LogP contribution is -2.07. The molecule has 0 aliphatic heterocycles. The Morgan fingerprint density at radius 3 is 2.79 bits per heavy atom. The molecule has 0 unspecified atom stereocenters. The van der Waals surface area contributed by atoms with Crippen LogP contribution < -0.4 is 5.56 Å². The highest BCUT2D eigenvalue weighted by Gasteiger charge is 2.12. The van der Waals surface area contributed by atoms with Gasteiger partial charge in [0.15, 0.2) is 0 Å². The van der Waals surface area contributed by atoms with Gasteiger partial charge in [0.2, 0.25) is 0 Å². The van der Waals surface area contributed by atoms with Crippen molar-refractivity contribution in [2.75, 3.05) is 0 Å². The molecule has 1 aromatic carbocycles. The van der Waals surface area contributed by atoms with Crippen molar-refractivity contribution in [2.45, 2.75) is 9.92 Å². The van der Waals surface area contributed by atoms with Gasteiger partial charge < -0.3 is 10.1 Å². The number of aromatic carboxylic acids is 1. The van der Waals surface area contributed by atoms with E-state index in [-0.39, 0.29) is 15.6 Å². The Hall–Kier alpha value is -1.50. The molecule has 1 aromatic heterocycles. The number of carbonyl (C=O) groups is 1. The number of nitrogens with one attached hydrogen (secondary N) is 1. The van der Waals surface area contributed by atoms with Crippen molar-refractivity contribution in [3.05, 3.63) is 50.5 Å². The Balaban J connectivity index is 2.39. The molecule has 0 aliphatic carbocycles. The molecule has 5 nitrogen and oxygen atoms in total. The van der Waals surface area contributed by atoms with Gasteiger partial charge in [-0.2, -0.15) is 0 Å². The van der Waals surface area contributed by atoms with Gasteiger partial charge in [0.25, 0.3) is 5.56 Å². The number of benzene rings is 1. The number of rotatable bonds is 3. The van der Waals surface area contributed by atoms with Gasteiger partial charge in [0, 0.05) is 4.90 Å². The van der Waals surface area contributed by atoms with E-state index >= 15 is 0 Å². The molecule has 0 spiro atoms. The van der Waals surface area contributed by atoms with Gasteiger partial charge in [-0.05, 0) is 18.2 Å². The van der Waals surface area contributed by atoms with Crippen LogP contribution >= 0.6 is 35.0 Å². The summed E-state index contributed by atoms with van der Waals surface area (Å²) >= 11 is 12.7. The molecule has 0 fully saturated rings. The van der Waals surface area contributed by atoms with Crippen molar-refractivity contribution in [1.29, 1.82) is 0 Å². The van der Waals surface area contributed by atoms with Crippen molar-refractivity contribution >= 4 is 40.9 Å². The summed E-state index contributed by atoms with van der Waals surface area (Å²) in [6.07, 6.45) is 1.23. The van der Waals surface area contributed by atoms with Gasteiger partial charge in [-0.1, -0.05) is 35.0 Å². The van der Waals surface area contributed by atoms with Crippen molar-refractivity contribution < 1.29 is 9.90 Å². The number of carboxylic acid groups (broad SMARTS) is 1. The Morgan fingerprint density at radius 1 is 1.37 bits per heavy atom. The number of halogens is 2. The van der Waals surface area contributed by atoms with Gasteiger partial charge >= 0.3 is 5.97 Å². The third-order valence-corrected chi connectivity index (χ3v) is 3.93. The van der Waals surface area contributed by atoms with Gasteiger partial charge in [0.05, 0.1) is 16.9 Å². The van der Waals surface area contributed by atoms with E-state index in [9.17, 15) is 9.59 Å². The number of carboxylic acids is 1. The van der Waals surface area contributed by atoms with E-state index in [1.807, 2.05) is 0 Å². The van der Waals surface area contributed by atoms with E-state index in [1.54, 1.807) is 6.07 Å². The molecule has 0 bridgehead atoms. The molecule has 19 heavy (non-hydrogen) atoms. The summed E-state index contributed by atoms with van der Waals surface area (Å²) in [6.45, 7) is 0. The highest BCUT2D eigenvalue weighted by Crippen LogP contribution is 2.31. The summed E-state index contributed by atoms with van der Waals surface area (Å²) in [4.78, 5) is 29.1. The van der Waals surface area contributed by atoms with Crippen LogP contribution in [0.25, 0.3) is 0 Å². The summed E-state index contributed by atoms with van der Waals surface area (Å²) in [5.41, 5.74) is -0.473. The van der Waals surface area contributed by atoms with Crippen LogP contribution in [0.4, 0.5) is 0 Å². The number of hydrogen-bond donors (Lipinski definition) is 2. The van der Waals surface area contributed by atoms with Crippen molar-refractivity contribution in [3.63, 3.8) is 0 Å². The van der Waals surface area contributed by atoms with Crippen molar-refractivity contribution in [1.82, 2.24) is 9.97 Å². The average Bonchev–Trinajstić information content (AvgIpc) is 2.37. The summed E-state index contributed by atoms with van der Waals surface area (Å²) in [5.74, 6) is -1.13. The van der Waals surface area contributed by atoms with Crippen LogP contribution in [0.1, 0.15) is 10.4 Å². The van der Waals surface area contributed by atoms with E-state index < -0.39 is 11.5 Å². The van der Waals surface area contributed by atoms with Gasteiger partial charge in [-0.15, -0.1) is 0 Å². The Morgan fingerprint density at radius 2 is 2.11 bits per heavy atom. The van der Waals surface area contributed by atoms with E-state index in [2.05, 4.69) is 9.97 Å². The fourth-order valence-corrected chi connectivity index (χ4v) is 2.52. The zero-order chi connectivity index (χ0) is 14.0. The zero-order valence-electron chi connectivity index (χ0n) is 9.18. The smallest absolute Gasteiger partial charge is 0.337 e. The fraction of sp³-hybridized carbons (Fsp3) is 0. The topological polar surface area (TPSA) is 83.0 Å². The van der Waals surface area contributed by atoms with Crippen molar-refractivity contribution in [3.8, 4) is 0 Å². The van der Waals surface area contributed by atoms with Gasteiger partial charge in [-0.3, -0.25) is 4.79 Å². The Bertz CT molecular complexity index is 703. The summed E-state index contributed by atoms with van der Waals surface area (Å²) < 4.78 is 0. The van der Waals surface area contributed by atoms with Gasteiger partial charge in [-0.25, -0.2) is 9.78 Å². The highest BCUT2D eigenvalue weighted by molar-refractivity contribution is 7.99. The molecule has 98 valence electrons. The lowest BCUT2D eigenvalue weighted by atomic mass is 10.2. The second-order valence-electron chi connectivity index (χ2n) is 3.40. The average molecular weight is 317 g/mol. The molecule has 2 rings (SSSR count). The Kier molecular flexibility index (Phi) is 4.14. The maximum absolute atomic E-state index is 11.3. The predicted molar refractivity (Wildman–Crippen MR) is 72.4 cm³/mol. The molecular weight excluding hydrogens is 311 g/mol. The monoisotopic (exact) mass is 316 g/mol. The van der Waals surface area contributed by atoms with E-state index in [0.29, 0.717) is 9.92 Å². The molecule has 1 heterocycles. The predicted octanol–water partition coefficient (Wildman–Crippen LogP) is 2.93. The third-order valence-electron chi connectivity index (χ3n) is 2.15. The molecule has 0 aliphatic rings. The van der Waals surface area contributed by atoms with E-state index in [1.165, 1.54) is 18.5 Å². The van der Waals surface area contributed by atoms with Crippen LogP contribution in [-0.2, 0) is 0 Å². The quantitative estimate of drug-likeness (QED) is 0.851. The summed E-state index contributed by atoms with van der Waals surface area (Å²) in [7, 11) is 0. The van der Waals surface area contributed by atoms with Crippen molar-refractivity contribution in [2.24, 2.45) is 0 Å². The second-order valence-corrected chi connectivity index (χ2v) is 5.25.